The number of hydrogen-bond acceptors (Lipinski definition) is 3. The molecule has 0 spiro atoms. The number of benzene rings is 1. The summed E-state index contributed by atoms with van der Waals surface area (Å²) in [6, 6.07) is 4.90. The van der Waals surface area contributed by atoms with Crippen molar-refractivity contribution in [2.24, 2.45) is 0 Å². The zero-order chi connectivity index (χ0) is 10.6. The van der Waals surface area contributed by atoms with E-state index in [9.17, 15) is 9.90 Å². The fourth-order valence-electron chi connectivity index (χ4n) is 1.25. The summed E-state index contributed by atoms with van der Waals surface area (Å²) in [5, 5.41) is 9.48. The van der Waals surface area contributed by atoms with Crippen molar-refractivity contribution in [3.05, 3.63) is 42.0 Å². The summed E-state index contributed by atoms with van der Waals surface area (Å²) in [6.45, 7) is 3.58. The molecular formula is C11H12O3. The van der Waals surface area contributed by atoms with Crippen LogP contribution in [-0.4, -0.2) is 18.2 Å². The van der Waals surface area contributed by atoms with Crippen LogP contribution >= 0.6 is 0 Å². The number of rotatable bonds is 3. The summed E-state index contributed by atoms with van der Waals surface area (Å²) in [7, 11) is 1.28. The maximum atomic E-state index is 11.3. The average molecular weight is 192 g/mol. The first-order valence-electron chi connectivity index (χ1n) is 4.20. The third-order valence-corrected chi connectivity index (χ3v) is 1.88. The Bertz CT molecular complexity index is 356. The molecule has 74 valence electrons. The van der Waals surface area contributed by atoms with Gasteiger partial charge >= 0.3 is 5.97 Å². The van der Waals surface area contributed by atoms with Gasteiger partial charge in [-0.1, -0.05) is 18.2 Å². The van der Waals surface area contributed by atoms with Gasteiger partial charge in [-0.2, -0.15) is 0 Å². The van der Waals surface area contributed by atoms with Crippen LogP contribution in [0.4, 0.5) is 0 Å². The fourth-order valence-corrected chi connectivity index (χ4v) is 1.25. The molecular weight excluding hydrogens is 180 g/mol. The number of phenolic OH excluding ortho intramolecular Hbond substituents is 1. The summed E-state index contributed by atoms with van der Waals surface area (Å²) in [5.41, 5.74) is 0.932. The lowest BCUT2D eigenvalue weighted by Gasteiger charge is -2.07. The molecule has 1 N–H and O–H groups in total. The molecule has 0 aliphatic carbocycles. The Hall–Kier alpha value is -1.77. The highest BCUT2D eigenvalue weighted by Gasteiger charge is 2.15. The molecule has 1 rings (SSSR count). The molecule has 0 aliphatic rings. The van der Waals surface area contributed by atoms with Crippen molar-refractivity contribution < 1.29 is 14.6 Å². The van der Waals surface area contributed by atoms with E-state index >= 15 is 0 Å². The second-order valence-electron chi connectivity index (χ2n) is 2.80. The van der Waals surface area contributed by atoms with Crippen LogP contribution in [0.5, 0.6) is 5.75 Å². The predicted molar refractivity (Wildman–Crippen MR) is 53.3 cm³/mol. The Labute approximate surface area is 82.6 Å². The zero-order valence-corrected chi connectivity index (χ0v) is 7.99. The summed E-state index contributed by atoms with van der Waals surface area (Å²) in [5.74, 6) is -0.587. The van der Waals surface area contributed by atoms with E-state index < -0.39 is 5.97 Å². The standard InChI is InChI=1S/C11H12O3/c1-3-5-8-6-4-7-9(12)10(8)11(13)14-2/h3-4,6-7,12H,1,5H2,2H3. The molecule has 1 aromatic rings. The molecule has 0 saturated carbocycles. The largest absolute Gasteiger partial charge is 0.507 e. The Kier molecular flexibility index (Phi) is 3.29. The number of esters is 1. The Morgan fingerprint density at radius 3 is 2.93 bits per heavy atom. The fraction of sp³-hybridized carbons (Fsp3) is 0.182. The first kappa shape index (κ1) is 10.3. The molecule has 0 aromatic heterocycles. The van der Waals surface area contributed by atoms with Gasteiger partial charge in [-0.25, -0.2) is 4.79 Å². The van der Waals surface area contributed by atoms with Crippen LogP contribution < -0.4 is 0 Å². The molecule has 0 saturated heterocycles. The third-order valence-electron chi connectivity index (χ3n) is 1.88. The van der Waals surface area contributed by atoms with Crippen LogP contribution in [0.2, 0.25) is 0 Å². The molecule has 14 heavy (non-hydrogen) atoms. The smallest absolute Gasteiger partial charge is 0.341 e. The van der Waals surface area contributed by atoms with E-state index in [1.807, 2.05) is 0 Å². The lowest BCUT2D eigenvalue weighted by Crippen LogP contribution is -2.05. The third kappa shape index (κ3) is 1.93. The number of carbonyl (C=O) groups is 1. The number of allylic oxidation sites excluding steroid dienone is 1. The minimum atomic E-state index is -0.528. The topological polar surface area (TPSA) is 46.5 Å². The number of phenols is 1. The van der Waals surface area contributed by atoms with E-state index in [-0.39, 0.29) is 11.3 Å². The summed E-state index contributed by atoms with van der Waals surface area (Å²) in [4.78, 5) is 11.3. The Morgan fingerprint density at radius 2 is 2.36 bits per heavy atom. The van der Waals surface area contributed by atoms with Crippen molar-refractivity contribution >= 4 is 5.97 Å². The van der Waals surface area contributed by atoms with Gasteiger partial charge in [0.1, 0.15) is 11.3 Å². The summed E-state index contributed by atoms with van der Waals surface area (Å²) < 4.78 is 4.57. The normalized spacial score (nSPS) is 9.50. The van der Waals surface area contributed by atoms with Gasteiger partial charge in [0.15, 0.2) is 0 Å². The van der Waals surface area contributed by atoms with Crippen molar-refractivity contribution in [3.63, 3.8) is 0 Å². The highest BCUT2D eigenvalue weighted by molar-refractivity contribution is 5.94. The first-order valence-corrected chi connectivity index (χ1v) is 4.20. The first-order chi connectivity index (χ1) is 6.70. The number of ether oxygens (including phenoxy) is 1. The second kappa shape index (κ2) is 4.46. The van der Waals surface area contributed by atoms with Crippen molar-refractivity contribution in [1.82, 2.24) is 0 Å². The van der Waals surface area contributed by atoms with Crippen molar-refractivity contribution in [3.8, 4) is 5.75 Å². The van der Waals surface area contributed by atoms with Gasteiger partial charge in [-0.15, -0.1) is 6.58 Å². The van der Waals surface area contributed by atoms with Gasteiger partial charge in [0.2, 0.25) is 0 Å². The molecule has 0 amide bonds. The SMILES string of the molecule is C=CCc1cccc(O)c1C(=O)OC. The van der Waals surface area contributed by atoms with Gasteiger partial charge in [0.05, 0.1) is 7.11 Å². The number of carbonyl (C=O) groups excluding carboxylic acids is 1. The van der Waals surface area contributed by atoms with Crippen molar-refractivity contribution in [2.45, 2.75) is 6.42 Å². The van der Waals surface area contributed by atoms with Gasteiger partial charge in [-0.3, -0.25) is 0 Å². The van der Waals surface area contributed by atoms with Crippen LogP contribution in [-0.2, 0) is 11.2 Å². The van der Waals surface area contributed by atoms with Gasteiger partial charge in [0, 0.05) is 0 Å². The molecule has 0 fully saturated rings. The van der Waals surface area contributed by atoms with Gasteiger partial charge < -0.3 is 9.84 Å². The minimum Gasteiger partial charge on any atom is -0.507 e. The van der Waals surface area contributed by atoms with E-state index in [0.29, 0.717) is 12.0 Å². The minimum absolute atomic E-state index is 0.0591. The highest BCUT2D eigenvalue weighted by atomic mass is 16.5. The molecule has 0 bridgehead atoms. The van der Waals surface area contributed by atoms with E-state index in [4.69, 9.17) is 0 Å². The average Bonchev–Trinajstić information content (AvgIpc) is 2.18. The molecule has 0 unspecified atom stereocenters. The Morgan fingerprint density at radius 1 is 1.64 bits per heavy atom. The summed E-state index contributed by atoms with van der Waals surface area (Å²) in [6.07, 6.45) is 2.19. The second-order valence-corrected chi connectivity index (χ2v) is 2.80. The van der Waals surface area contributed by atoms with Crippen molar-refractivity contribution in [1.29, 1.82) is 0 Å². The van der Waals surface area contributed by atoms with E-state index in [1.165, 1.54) is 13.2 Å². The van der Waals surface area contributed by atoms with Crippen LogP contribution in [0.3, 0.4) is 0 Å². The molecule has 3 heteroatoms. The molecule has 0 radical (unpaired) electrons. The molecule has 3 nitrogen and oxygen atoms in total. The maximum Gasteiger partial charge on any atom is 0.341 e. The van der Waals surface area contributed by atoms with Crippen LogP contribution in [0.25, 0.3) is 0 Å². The van der Waals surface area contributed by atoms with Gasteiger partial charge in [0.25, 0.3) is 0 Å². The Balaban J connectivity index is 3.21. The van der Waals surface area contributed by atoms with Crippen LogP contribution in [0, 0.1) is 0 Å². The zero-order valence-electron chi connectivity index (χ0n) is 7.99. The number of aromatic hydroxyl groups is 1. The van der Waals surface area contributed by atoms with E-state index in [2.05, 4.69) is 11.3 Å². The van der Waals surface area contributed by atoms with Crippen molar-refractivity contribution in [2.75, 3.05) is 7.11 Å². The molecule has 1 aromatic carbocycles. The lowest BCUT2D eigenvalue weighted by molar-refractivity contribution is 0.0596. The highest BCUT2D eigenvalue weighted by Crippen LogP contribution is 2.22. The number of hydrogen-bond donors (Lipinski definition) is 1. The van der Waals surface area contributed by atoms with E-state index in [1.54, 1.807) is 18.2 Å². The maximum absolute atomic E-state index is 11.3. The van der Waals surface area contributed by atoms with Crippen LogP contribution in [0.15, 0.2) is 30.9 Å². The number of methoxy groups -OCH3 is 1. The van der Waals surface area contributed by atoms with E-state index in [0.717, 1.165) is 0 Å². The van der Waals surface area contributed by atoms with Crippen LogP contribution in [0.1, 0.15) is 15.9 Å². The molecule has 0 heterocycles. The molecule has 0 atom stereocenters. The monoisotopic (exact) mass is 192 g/mol. The summed E-state index contributed by atoms with van der Waals surface area (Å²) >= 11 is 0. The molecule has 0 aliphatic heterocycles. The van der Waals surface area contributed by atoms with Gasteiger partial charge in [-0.05, 0) is 18.1 Å². The quantitative estimate of drug-likeness (QED) is 0.587. The predicted octanol–water partition coefficient (Wildman–Crippen LogP) is 1.91. The lowest BCUT2D eigenvalue weighted by atomic mass is 10.0.